The summed E-state index contributed by atoms with van der Waals surface area (Å²) < 4.78 is 67.9. The van der Waals surface area contributed by atoms with Crippen molar-refractivity contribution < 1.29 is 233 Å². The topological polar surface area (TPSA) is 790 Å². The summed E-state index contributed by atoms with van der Waals surface area (Å²) in [5, 5.41) is 291. The van der Waals surface area contributed by atoms with Crippen LogP contribution in [0.4, 0.5) is 0 Å². The molecule has 47 nitrogen and oxygen atoms in total. The van der Waals surface area contributed by atoms with Crippen LogP contribution in [0, 0.1) is 0 Å². The number of aliphatic hydroxyl groups is 1. The second kappa shape index (κ2) is 29.9. The third kappa shape index (κ3) is 13.8. The Labute approximate surface area is 674 Å². The molecule has 5 atom stereocenters. The van der Waals surface area contributed by atoms with Gasteiger partial charge in [-0.1, -0.05) is 0 Å². The first-order chi connectivity index (χ1) is 58.0. The van der Waals surface area contributed by atoms with Crippen LogP contribution in [0.5, 0.6) is 190 Å². The smallest absolute Gasteiger partial charge is 0.347 e. The summed E-state index contributed by atoms with van der Waals surface area (Å²) in [6, 6.07) is 3.46. The van der Waals surface area contributed by atoms with E-state index in [2.05, 4.69) is 0 Å². The summed E-state index contributed by atoms with van der Waals surface area (Å²) in [5.41, 5.74) is -19.1. The summed E-state index contributed by atoms with van der Waals surface area (Å²) in [6.07, 6.45) is -14.0. The predicted molar refractivity (Wildman–Crippen MR) is 382 cm³/mol. The minimum atomic E-state index is -2.99. The van der Waals surface area contributed by atoms with Gasteiger partial charge >= 0.3 is 53.7 Å². The Hall–Kier alpha value is -18.0. The second-order valence-corrected chi connectivity index (χ2v) is 26.2. The number of cyclic esters (lactones) is 1. The van der Waals surface area contributed by atoms with E-state index in [0.717, 1.165) is 0 Å². The zero-order valence-corrected chi connectivity index (χ0v) is 60.0. The van der Waals surface area contributed by atoms with Crippen molar-refractivity contribution in [2.75, 3.05) is 6.61 Å². The van der Waals surface area contributed by atoms with Crippen molar-refractivity contribution in [2.45, 2.75) is 37.3 Å². The van der Waals surface area contributed by atoms with Crippen LogP contribution in [-0.4, -0.2) is 224 Å². The molecule has 5 aliphatic rings. The van der Waals surface area contributed by atoms with E-state index in [-0.39, 0.29) is 36.4 Å². The molecule has 26 N–H and O–H groups in total. The van der Waals surface area contributed by atoms with Gasteiger partial charge in [0.2, 0.25) is 57.5 Å². The fraction of sp³-hybridized carbons (Fsp3) is 0.0921. The van der Waals surface area contributed by atoms with Crippen molar-refractivity contribution in [1.29, 1.82) is 0 Å². The van der Waals surface area contributed by atoms with Gasteiger partial charge in [-0.25, -0.2) is 43.2 Å². The normalized spacial score (nSPS) is 16.7. The molecule has 0 aliphatic carbocycles. The van der Waals surface area contributed by atoms with E-state index in [1.54, 1.807) is 0 Å². The number of fused-ring (bicyclic) bond motifs is 8. The number of esters is 9. The average molecular weight is 1710 g/mol. The highest BCUT2D eigenvalue weighted by atomic mass is 16.7. The number of hydrogen-bond donors (Lipinski definition) is 26. The molecule has 0 unspecified atom stereocenters. The van der Waals surface area contributed by atoms with Gasteiger partial charge < -0.3 is 190 Å². The summed E-state index contributed by atoms with van der Waals surface area (Å²) in [4.78, 5) is 135. The molecule has 1 saturated heterocycles. The molecule has 0 amide bonds. The predicted octanol–water partition coefficient (Wildman–Crippen LogP) is 4.97. The zero-order chi connectivity index (χ0) is 89.3. The minimum absolute atomic E-state index is 0.110. The monoisotopic (exact) mass is 1710 g/mol. The first-order valence-electron chi connectivity index (χ1n) is 33.8. The zero-order valence-electron chi connectivity index (χ0n) is 60.0. The number of phenols is 25. The number of benzene rings is 10. The molecule has 0 radical (unpaired) electrons. The van der Waals surface area contributed by atoms with Crippen LogP contribution in [0.25, 0.3) is 22.3 Å². The molecule has 5 heterocycles. The fourth-order valence-corrected chi connectivity index (χ4v) is 12.7. The summed E-state index contributed by atoms with van der Waals surface area (Å²) in [7, 11) is 0. The Bertz CT molecular complexity index is 6350. The molecular formula is C76H48O47. The third-order valence-corrected chi connectivity index (χ3v) is 18.7. The van der Waals surface area contributed by atoms with E-state index < -0.39 is 365 Å². The van der Waals surface area contributed by atoms with Crippen LogP contribution < -0.4 is 28.4 Å². The van der Waals surface area contributed by atoms with Crippen LogP contribution in [0.1, 0.15) is 98.8 Å². The Kier molecular flexibility index (Phi) is 19.8. The standard InChI is InChI=1S/C76H48O47/c77-26-1-16(2-27(78)44(26)87)67(102)119-62-38-7-19-14-112-70(105)20-8-32(83)47(90)53(96)40(20)43-23(73(108)118-59(19)64(62)121-68(103)17-3-28(79)45(88)29(80)4-17)13-37(52(95)56(43)99)115-61-25(11-35(86)50(93)58(61)101)75(110)123-66-65(122-69(104)18-5-30(81)46(89)31(82)6-18)63-39(117-76(66)111)15-113-71(106)22-12-36(114-60-24(74(109)116-38)10-34(85)49(92)57(60)100)51(94)55(98)42(22)41-21(72(107)120-63)9-33(84)48(91)54(41)97/h1-13,39,63,65-66,76-101,111H,14-15H2/t39-,63-,65+,66-,76-/m1/s1. The Morgan fingerprint density at radius 1 is 0.301 bits per heavy atom. The molecule has 10 bridgehead atoms. The highest BCUT2D eigenvalue weighted by molar-refractivity contribution is 6.11. The summed E-state index contributed by atoms with van der Waals surface area (Å²) in [6.45, 7) is -3.23. The van der Waals surface area contributed by atoms with Gasteiger partial charge in [-0.2, -0.15) is 0 Å². The van der Waals surface area contributed by atoms with E-state index in [0.29, 0.717) is 42.5 Å². The van der Waals surface area contributed by atoms with Crippen LogP contribution in [0.3, 0.4) is 0 Å². The lowest BCUT2D eigenvalue weighted by molar-refractivity contribution is -0.284. The Morgan fingerprint density at radius 3 is 1.10 bits per heavy atom. The minimum Gasteiger partial charge on any atom is -0.504 e. The fourth-order valence-electron chi connectivity index (χ4n) is 12.7. The van der Waals surface area contributed by atoms with Crippen LogP contribution in [-0.2, 0) is 35.0 Å². The van der Waals surface area contributed by atoms with Crippen molar-refractivity contribution in [3.8, 4) is 212 Å². The lowest BCUT2D eigenvalue weighted by atomic mass is 9.91. The van der Waals surface area contributed by atoms with Crippen molar-refractivity contribution in [2.24, 2.45) is 0 Å². The van der Waals surface area contributed by atoms with Gasteiger partial charge in [0.05, 0.1) is 38.9 Å². The largest absolute Gasteiger partial charge is 0.504 e. The van der Waals surface area contributed by atoms with Gasteiger partial charge in [0.1, 0.15) is 30.4 Å². The molecule has 15 rings (SSSR count). The second-order valence-electron chi connectivity index (χ2n) is 26.2. The van der Waals surface area contributed by atoms with Crippen molar-refractivity contribution >= 4 is 53.7 Å². The molecule has 10 aromatic carbocycles. The Balaban J connectivity index is 1.08. The average Bonchev–Trinajstić information content (AvgIpc) is 1.62. The van der Waals surface area contributed by atoms with E-state index >= 15 is 24.0 Å². The highest BCUT2D eigenvalue weighted by Crippen LogP contribution is 2.60. The number of hydrogen-bond acceptors (Lipinski definition) is 47. The molecule has 123 heavy (non-hydrogen) atoms. The molecule has 0 spiro atoms. The van der Waals surface area contributed by atoms with Crippen LogP contribution >= 0.6 is 0 Å². The lowest BCUT2D eigenvalue weighted by Gasteiger charge is -2.42. The van der Waals surface area contributed by atoms with Crippen molar-refractivity contribution in [3.05, 3.63) is 134 Å². The molecule has 10 aromatic rings. The number of rotatable bonds is 6. The maximum atomic E-state index is 15.8. The number of carbonyl (C=O) groups excluding carboxylic acids is 9. The molecule has 1 fully saturated rings. The summed E-state index contributed by atoms with van der Waals surface area (Å²) in [5.74, 6) is -71.6. The SMILES string of the molecule is O=C(Oc1c2cc3c(c1OC(=O)c1cc(O)c(O)c(O)c1)OC(=O)c1cc(c(O)c(O)c1-c1c(cc(O)c(O)c1O)C(=O)OC3)Oc1c(cc(O)c(O)c1O)C(=O)O[C@@H]1[C@@H](OC(=O)c3cc(O)c(O)c(O)c3)[C@@H]3OC(=O)c4cc(O)c(O)c(O)c4-c4c(cc(c(O)c4O)Oc4c(cc(O)c(O)c4O)C(=O)O2)C(=O)OC[C@H]3O[C@H]1O)c1cc(O)c(O)c(O)c1. The van der Waals surface area contributed by atoms with Gasteiger partial charge in [-0.3, -0.25) is 0 Å². The van der Waals surface area contributed by atoms with Crippen molar-refractivity contribution in [1.82, 2.24) is 0 Å². The quantitative estimate of drug-likeness (QED) is 0.0452. The first-order valence-corrected chi connectivity index (χ1v) is 33.8. The van der Waals surface area contributed by atoms with Crippen LogP contribution in [0.2, 0.25) is 0 Å². The number of aromatic hydroxyl groups is 25. The molecule has 0 saturated carbocycles. The number of phenolic OH excluding ortho intramolecular Hbond substituents is 25. The van der Waals surface area contributed by atoms with Gasteiger partial charge in [-0.05, 0) is 54.6 Å². The Morgan fingerprint density at radius 2 is 0.642 bits per heavy atom. The number of aliphatic hydroxyl groups excluding tert-OH is 1. The summed E-state index contributed by atoms with van der Waals surface area (Å²) >= 11 is 0. The van der Waals surface area contributed by atoms with Gasteiger partial charge in [0.25, 0.3) is 0 Å². The van der Waals surface area contributed by atoms with Gasteiger partial charge in [0, 0.05) is 52.1 Å². The molecule has 0 aromatic heterocycles. The molecule has 634 valence electrons. The lowest BCUT2D eigenvalue weighted by Crippen LogP contribution is -2.62. The van der Waals surface area contributed by atoms with Crippen molar-refractivity contribution in [3.63, 3.8) is 0 Å². The van der Waals surface area contributed by atoms with Gasteiger partial charge in [0.15, 0.2) is 157 Å². The maximum Gasteiger partial charge on any atom is 0.347 e. The highest BCUT2D eigenvalue weighted by Gasteiger charge is 2.54. The maximum absolute atomic E-state index is 15.8. The van der Waals surface area contributed by atoms with Gasteiger partial charge in [-0.15, -0.1) is 0 Å². The molecule has 47 heteroatoms. The third-order valence-electron chi connectivity index (χ3n) is 18.7. The van der Waals surface area contributed by atoms with Crippen LogP contribution in [0.15, 0.2) is 78.9 Å². The molecular weight excluding hydrogens is 1660 g/mol. The van der Waals surface area contributed by atoms with E-state index in [1.807, 2.05) is 0 Å². The number of carbonyl (C=O) groups is 9. The van der Waals surface area contributed by atoms with E-state index in [1.165, 1.54) is 0 Å². The van der Waals surface area contributed by atoms with E-state index in [4.69, 9.17) is 56.8 Å². The number of ether oxygens (including phenoxy) is 12. The van der Waals surface area contributed by atoms with E-state index in [9.17, 15) is 152 Å². The first kappa shape index (κ1) is 81.5. The molecule has 5 aliphatic heterocycles.